The summed E-state index contributed by atoms with van der Waals surface area (Å²) in [5.41, 5.74) is 6.98. The van der Waals surface area contributed by atoms with E-state index in [0.29, 0.717) is 18.8 Å². The van der Waals surface area contributed by atoms with Gasteiger partial charge in [-0.1, -0.05) is 0 Å². The monoisotopic (exact) mass is 237 g/mol. The molecule has 0 bridgehead atoms. The predicted molar refractivity (Wildman–Crippen MR) is 69.0 cm³/mol. The van der Waals surface area contributed by atoms with Gasteiger partial charge < -0.3 is 20.7 Å². The van der Waals surface area contributed by atoms with E-state index in [9.17, 15) is 4.79 Å². The normalized spacial score (nSPS) is 10.0. The summed E-state index contributed by atoms with van der Waals surface area (Å²) in [7, 11) is 3.40. The van der Waals surface area contributed by atoms with Crippen LogP contribution in [0, 0.1) is 0 Å². The Hall–Kier alpha value is -1.75. The average Bonchev–Trinajstić information content (AvgIpc) is 2.32. The van der Waals surface area contributed by atoms with Crippen molar-refractivity contribution in [3.05, 3.63) is 24.3 Å². The summed E-state index contributed by atoms with van der Waals surface area (Å²) in [6.07, 6.45) is 0.822. The van der Waals surface area contributed by atoms with Gasteiger partial charge in [0.2, 0.25) is 0 Å². The first-order chi connectivity index (χ1) is 8.13. The number of hydrogen-bond donors (Lipinski definition) is 2. The number of amides is 2. The van der Waals surface area contributed by atoms with Crippen LogP contribution in [0.25, 0.3) is 0 Å². The largest absolute Gasteiger partial charge is 0.399 e. The van der Waals surface area contributed by atoms with Crippen molar-refractivity contribution < 1.29 is 9.53 Å². The molecule has 0 aliphatic rings. The highest BCUT2D eigenvalue weighted by Crippen LogP contribution is 2.10. The Morgan fingerprint density at radius 1 is 1.41 bits per heavy atom. The van der Waals surface area contributed by atoms with Crippen molar-refractivity contribution in [3.63, 3.8) is 0 Å². The van der Waals surface area contributed by atoms with E-state index in [-0.39, 0.29) is 6.03 Å². The van der Waals surface area contributed by atoms with Crippen molar-refractivity contribution in [3.8, 4) is 0 Å². The van der Waals surface area contributed by atoms with E-state index in [1.54, 1.807) is 43.3 Å². The van der Waals surface area contributed by atoms with E-state index < -0.39 is 0 Å². The zero-order valence-electron chi connectivity index (χ0n) is 10.3. The third kappa shape index (κ3) is 4.74. The lowest BCUT2D eigenvalue weighted by Gasteiger charge is -2.17. The van der Waals surface area contributed by atoms with Crippen LogP contribution < -0.4 is 11.1 Å². The van der Waals surface area contributed by atoms with Crippen LogP contribution >= 0.6 is 0 Å². The molecule has 1 aromatic carbocycles. The van der Waals surface area contributed by atoms with E-state index in [2.05, 4.69) is 5.32 Å². The molecule has 0 spiro atoms. The van der Waals surface area contributed by atoms with Gasteiger partial charge in [-0.15, -0.1) is 0 Å². The number of hydrogen-bond acceptors (Lipinski definition) is 3. The van der Waals surface area contributed by atoms with Crippen molar-refractivity contribution >= 4 is 17.4 Å². The number of nitrogens with zero attached hydrogens (tertiary/aromatic N) is 1. The van der Waals surface area contributed by atoms with Crippen LogP contribution in [-0.2, 0) is 4.74 Å². The molecule has 0 saturated carbocycles. The minimum Gasteiger partial charge on any atom is -0.399 e. The first kappa shape index (κ1) is 13.3. The van der Waals surface area contributed by atoms with E-state index in [1.165, 1.54) is 0 Å². The smallest absolute Gasteiger partial charge is 0.321 e. The van der Waals surface area contributed by atoms with Gasteiger partial charge in [0, 0.05) is 38.7 Å². The number of nitrogen functional groups attached to an aromatic ring is 1. The van der Waals surface area contributed by atoms with Gasteiger partial charge in [0.25, 0.3) is 0 Å². The third-order valence-corrected chi connectivity index (χ3v) is 2.35. The summed E-state index contributed by atoms with van der Waals surface area (Å²) in [5.74, 6) is 0. The summed E-state index contributed by atoms with van der Waals surface area (Å²) >= 11 is 0. The predicted octanol–water partition coefficient (Wildman–Crippen LogP) is 1.77. The average molecular weight is 237 g/mol. The Labute approximate surface area is 102 Å². The van der Waals surface area contributed by atoms with E-state index in [1.807, 2.05) is 0 Å². The maximum Gasteiger partial charge on any atom is 0.321 e. The number of rotatable bonds is 5. The lowest BCUT2D eigenvalue weighted by atomic mass is 10.3. The second-order valence-corrected chi connectivity index (χ2v) is 3.82. The Bertz CT molecular complexity index is 351. The standard InChI is InChI=1S/C12H19N3O2/c1-15(8-3-9-17-2)12(16)14-11-6-4-10(13)5-7-11/h4-7H,3,8-9,13H2,1-2H3,(H,14,16). The molecule has 0 atom stereocenters. The Kier molecular flexibility index (Phi) is 5.29. The number of carbonyl (C=O) groups excluding carboxylic acids is 1. The number of anilines is 2. The van der Waals surface area contributed by atoms with Gasteiger partial charge in [0.1, 0.15) is 0 Å². The fourth-order valence-corrected chi connectivity index (χ4v) is 1.33. The van der Waals surface area contributed by atoms with Crippen LogP contribution in [0.1, 0.15) is 6.42 Å². The zero-order chi connectivity index (χ0) is 12.7. The maximum atomic E-state index is 11.7. The van der Waals surface area contributed by atoms with Crippen LogP contribution in [0.2, 0.25) is 0 Å². The van der Waals surface area contributed by atoms with Crippen molar-refractivity contribution in [2.75, 3.05) is 38.4 Å². The molecule has 1 aromatic rings. The highest BCUT2D eigenvalue weighted by Gasteiger charge is 2.07. The molecular weight excluding hydrogens is 218 g/mol. The molecule has 0 aliphatic carbocycles. The highest BCUT2D eigenvalue weighted by atomic mass is 16.5. The van der Waals surface area contributed by atoms with Crippen LogP contribution in [0.4, 0.5) is 16.2 Å². The lowest BCUT2D eigenvalue weighted by molar-refractivity contribution is 0.179. The first-order valence-electron chi connectivity index (χ1n) is 5.50. The number of ether oxygens (including phenoxy) is 1. The molecule has 3 N–H and O–H groups in total. The summed E-state index contributed by atoms with van der Waals surface area (Å²) in [6.45, 7) is 1.31. The van der Waals surface area contributed by atoms with Crippen molar-refractivity contribution in [1.82, 2.24) is 4.90 Å². The molecule has 17 heavy (non-hydrogen) atoms. The number of methoxy groups -OCH3 is 1. The summed E-state index contributed by atoms with van der Waals surface area (Å²) in [6, 6.07) is 6.92. The molecule has 0 aliphatic heterocycles. The van der Waals surface area contributed by atoms with Crippen LogP contribution in [0.15, 0.2) is 24.3 Å². The van der Waals surface area contributed by atoms with E-state index >= 15 is 0 Å². The number of nitrogens with one attached hydrogen (secondary N) is 1. The molecule has 5 nitrogen and oxygen atoms in total. The summed E-state index contributed by atoms with van der Waals surface area (Å²) in [5, 5.41) is 2.79. The van der Waals surface area contributed by atoms with Gasteiger partial charge in [-0.3, -0.25) is 0 Å². The second-order valence-electron chi connectivity index (χ2n) is 3.82. The fraction of sp³-hybridized carbons (Fsp3) is 0.417. The van der Waals surface area contributed by atoms with Gasteiger partial charge >= 0.3 is 6.03 Å². The van der Waals surface area contributed by atoms with E-state index in [0.717, 1.165) is 12.1 Å². The number of carbonyl (C=O) groups is 1. The molecular formula is C12H19N3O2. The molecule has 0 unspecified atom stereocenters. The zero-order valence-corrected chi connectivity index (χ0v) is 10.3. The van der Waals surface area contributed by atoms with Crippen molar-refractivity contribution in [2.24, 2.45) is 0 Å². The molecule has 2 amide bonds. The van der Waals surface area contributed by atoms with Crippen molar-refractivity contribution in [1.29, 1.82) is 0 Å². The SMILES string of the molecule is COCCCN(C)C(=O)Nc1ccc(N)cc1. The summed E-state index contributed by atoms with van der Waals surface area (Å²) < 4.78 is 4.93. The number of nitrogens with two attached hydrogens (primary N) is 1. The first-order valence-corrected chi connectivity index (χ1v) is 5.50. The molecule has 0 aromatic heterocycles. The van der Waals surface area contributed by atoms with Gasteiger partial charge in [-0.2, -0.15) is 0 Å². The summed E-state index contributed by atoms with van der Waals surface area (Å²) in [4.78, 5) is 13.4. The van der Waals surface area contributed by atoms with Crippen LogP contribution in [-0.4, -0.2) is 38.2 Å². The minimum absolute atomic E-state index is 0.133. The quantitative estimate of drug-likeness (QED) is 0.605. The molecule has 5 heteroatoms. The molecule has 0 fully saturated rings. The van der Waals surface area contributed by atoms with Gasteiger partial charge in [-0.25, -0.2) is 4.79 Å². The number of benzene rings is 1. The van der Waals surface area contributed by atoms with Gasteiger partial charge in [0.05, 0.1) is 0 Å². The highest BCUT2D eigenvalue weighted by molar-refractivity contribution is 5.89. The molecule has 0 radical (unpaired) electrons. The Balaban J connectivity index is 2.40. The topological polar surface area (TPSA) is 67.6 Å². The van der Waals surface area contributed by atoms with Crippen LogP contribution in [0.3, 0.4) is 0 Å². The van der Waals surface area contributed by atoms with Gasteiger partial charge in [-0.05, 0) is 30.7 Å². The van der Waals surface area contributed by atoms with Crippen molar-refractivity contribution in [2.45, 2.75) is 6.42 Å². The molecule has 0 saturated heterocycles. The molecule has 94 valence electrons. The van der Waals surface area contributed by atoms with Gasteiger partial charge in [0.15, 0.2) is 0 Å². The number of urea groups is 1. The van der Waals surface area contributed by atoms with Crippen LogP contribution in [0.5, 0.6) is 0 Å². The van der Waals surface area contributed by atoms with E-state index in [4.69, 9.17) is 10.5 Å². The fourth-order valence-electron chi connectivity index (χ4n) is 1.33. The maximum absolute atomic E-state index is 11.7. The lowest BCUT2D eigenvalue weighted by Crippen LogP contribution is -2.32. The Morgan fingerprint density at radius 3 is 2.65 bits per heavy atom. The molecule has 1 rings (SSSR count). The Morgan fingerprint density at radius 2 is 2.06 bits per heavy atom. The molecule has 0 heterocycles. The third-order valence-electron chi connectivity index (χ3n) is 2.35. The second kappa shape index (κ2) is 6.75. The minimum atomic E-state index is -0.133.